The van der Waals surface area contributed by atoms with Crippen molar-refractivity contribution in [2.75, 3.05) is 0 Å². The minimum absolute atomic E-state index is 0.0286. The summed E-state index contributed by atoms with van der Waals surface area (Å²) in [6.07, 6.45) is 5.95. The van der Waals surface area contributed by atoms with Crippen LogP contribution in [0, 0.1) is 0 Å². The van der Waals surface area contributed by atoms with Crippen LogP contribution in [0.15, 0.2) is 23.3 Å². The van der Waals surface area contributed by atoms with Crippen LogP contribution in [0.2, 0.25) is 0 Å². The van der Waals surface area contributed by atoms with Crippen LogP contribution in [0.5, 0.6) is 0 Å². The van der Waals surface area contributed by atoms with Gasteiger partial charge in [-0.1, -0.05) is 0 Å². The Bertz CT molecular complexity index is 599. The molecule has 0 aromatic carbocycles. The topological polar surface area (TPSA) is 87.6 Å². The highest BCUT2D eigenvalue weighted by Crippen LogP contribution is 2.21. The molecule has 2 heterocycles. The van der Waals surface area contributed by atoms with Crippen LogP contribution in [-0.2, 0) is 12.8 Å². The summed E-state index contributed by atoms with van der Waals surface area (Å²) in [7, 11) is 0. The molecule has 0 saturated carbocycles. The summed E-state index contributed by atoms with van der Waals surface area (Å²) < 4.78 is 0. The first-order valence-corrected chi connectivity index (χ1v) is 5.75. The molecule has 1 aliphatic carbocycles. The van der Waals surface area contributed by atoms with Crippen molar-refractivity contribution < 1.29 is 0 Å². The molecule has 0 fully saturated rings. The third-order valence-corrected chi connectivity index (χ3v) is 3.16. The number of aryl methyl sites for hydroxylation is 1. The average Bonchev–Trinajstić information content (AvgIpc) is 2.72. The van der Waals surface area contributed by atoms with E-state index in [1.54, 1.807) is 12.4 Å². The van der Waals surface area contributed by atoms with E-state index >= 15 is 0 Å². The van der Waals surface area contributed by atoms with E-state index in [0.29, 0.717) is 11.4 Å². The van der Waals surface area contributed by atoms with E-state index in [4.69, 9.17) is 5.73 Å². The number of hydrogen-bond acceptors (Lipinski definition) is 3. The quantitative estimate of drug-likeness (QED) is 0.669. The number of hydrogen-bond donors (Lipinski definition) is 3. The predicted octanol–water partition coefficient (Wildman–Crippen LogP) is 0.581. The zero-order chi connectivity index (χ0) is 11.8. The lowest BCUT2D eigenvalue weighted by Gasteiger charge is -2.15. The van der Waals surface area contributed by atoms with Crippen LogP contribution in [0.25, 0.3) is 11.4 Å². The van der Waals surface area contributed by atoms with Gasteiger partial charge in [0.2, 0.25) is 0 Å². The second kappa shape index (κ2) is 3.85. The maximum atomic E-state index is 11.7. The van der Waals surface area contributed by atoms with Crippen LogP contribution >= 0.6 is 0 Å². The van der Waals surface area contributed by atoms with Crippen LogP contribution in [0.3, 0.4) is 0 Å². The Kier molecular flexibility index (Phi) is 2.33. The van der Waals surface area contributed by atoms with Gasteiger partial charge in [0.25, 0.3) is 0 Å². The van der Waals surface area contributed by atoms with Gasteiger partial charge in [0.15, 0.2) is 5.43 Å². The lowest BCUT2D eigenvalue weighted by molar-refractivity contribution is 0.565. The van der Waals surface area contributed by atoms with Crippen LogP contribution in [0.4, 0.5) is 0 Å². The fraction of sp³-hybridized carbons (Fsp3) is 0.333. The zero-order valence-electron chi connectivity index (χ0n) is 9.36. The number of nitrogens with two attached hydrogens (primary N) is 1. The van der Waals surface area contributed by atoms with Crippen LogP contribution in [-0.4, -0.2) is 21.0 Å². The SMILES string of the molecule is NC1CCc2nc(-c3c[nH]ccc3=O)[nH]c2C1. The molecule has 0 aliphatic heterocycles. The number of fused-ring (bicyclic) bond motifs is 1. The lowest BCUT2D eigenvalue weighted by Crippen LogP contribution is -2.27. The third-order valence-electron chi connectivity index (χ3n) is 3.16. The molecular weight excluding hydrogens is 216 g/mol. The second-order valence-electron chi connectivity index (χ2n) is 4.44. The Labute approximate surface area is 98.1 Å². The van der Waals surface area contributed by atoms with Crippen LogP contribution < -0.4 is 11.2 Å². The first kappa shape index (κ1) is 10.3. The molecule has 17 heavy (non-hydrogen) atoms. The molecule has 2 aromatic rings. The van der Waals surface area contributed by atoms with E-state index in [2.05, 4.69) is 15.0 Å². The number of aromatic nitrogens is 3. The van der Waals surface area contributed by atoms with Crippen molar-refractivity contribution in [3.63, 3.8) is 0 Å². The number of imidazole rings is 1. The summed E-state index contributed by atoms with van der Waals surface area (Å²) in [5.74, 6) is 0.644. The largest absolute Gasteiger partial charge is 0.367 e. The number of pyridine rings is 1. The van der Waals surface area contributed by atoms with Crippen molar-refractivity contribution in [2.45, 2.75) is 25.3 Å². The minimum atomic E-state index is -0.0286. The fourth-order valence-electron chi connectivity index (χ4n) is 2.24. The molecule has 1 unspecified atom stereocenters. The standard InChI is InChI=1S/C12H14N4O/c13-7-1-2-9-10(5-7)16-12(15-9)8-6-14-4-3-11(8)17/h3-4,6-7H,1-2,5,13H2,(H,14,17)(H,15,16). The van der Waals surface area contributed by atoms with Gasteiger partial charge in [0.1, 0.15) is 5.82 Å². The van der Waals surface area contributed by atoms with Gasteiger partial charge >= 0.3 is 0 Å². The first-order chi connectivity index (χ1) is 8.24. The Morgan fingerprint density at radius 1 is 1.47 bits per heavy atom. The molecule has 0 amide bonds. The number of nitrogens with one attached hydrogen (secondary N) is 2. The Morgan fingerprint density at radius 3 is 3.18 bits per heavy atom. The molecule has 2 aromatic heterocycles. The Morgan fingerprint density at radius 2 is 2.35 bits per heavy atom. The van der Waals surface area contributed by atoms with Gasteiger partial charge in [0, 0.05) is 36.6 Å². The van der Waals surface area contributed by atoms with Gasteiger partial charge < -0.3 is 15.7 Å². The Hall–Kier alpha value is -1.88. The molecule has 3 rings (SSSR count). The van der Waals surface area contributed by atoms with E-state index in [-0.39, 0.29) is 11.5 Å². The maximum Gasteiger partial charge on any atom is 0.192 e. The highest BCUT2D eigenvalue weighted by Gasteiger charge is 2.20. The van der Waals surface area contributed by atoms with Crippen molar-refractivity contribution in [1.29, 1.82) is 0 Å². The number of H-pyrrole nitrogens is 2. The molecule has 0 saturated heterocycles. The van der Waals surface area contributed by atoms with Crippen LogP contribution in [0.1, 0.15) is 17.8 Å². The lowest BCUT2D eigenvalue weighted by atomic mass is 9.97. The van der Waals surface area contributed by atoms with Gasteiger partial charge in [-0.05, 0) is 12.8 Å². The molecule has 88 valence electrons. The average molecular weight is 230 g/mol. The molecule has 0 spiro atoms. The second-order valence-corrected chi connectivity index (χ2v) is 4.44. The molecule has 0 radical (unpaired) electrons. The molecule has 0 bridgehead atoms. The number of aromatic amines is 2. The van der Waals surface area contributed by atoms with Crippen molar-refractivity contribution >= 4 is 0 Å². The summed E-state index contributed by atoms with van der Waals surface area (Å²) in [5, 5.41) is 0. The van der Waals surface area contributed by atoms with E-state index in [0.717, 1.165) is 30.7 Å². The van der Waals surface area contributed by atoms with Gasteiger partial charge in [-0.3, -0.25) is 4.79 Å². The first-order valence-electron chi connectivity index (χ1n) is 5.75. The number of rotatable bonds is 1. The van der Waals surface area contributed by atoms with Crippen molar-refractivity contribution in [1.82, 2.24) is 15.0 Å². The van der Waals surface area contributed by atoms with E-state index in [9.17, 15) is 4.79 Å². The fourth-order valence-corrected chi connectivity index (χ4v) is 2.24. The summed E-state index contributed by atoms with van der Waals surface area (Å²) in [6.45, 7) is 0. The van der Waals surface area contributed by atoms with Crippen molar-refractivity contribution in [2.24, 2.45) is 5.73 Å². The summed E-state index contributed by atoms with van der Waals surface area (Å²) in [5.41, 5.74) is 8.58. The highest BCUT2D eigenvalue weighted by atomic mass is 16.1. The highest BCUT2D eigenvalue weighted by molar-refractivity contribution is 5.54. The molecule has 5 heteroatoms. The minimum Gasteiger partial charge on any atom is -0.367 e. The van der Waals surface area contributed by atoms with E-state index in [1.165, 1.54) is 6.07 Å². The van der Waals surface area contributed by atoms with Gasteiger partial charge in [-0.15, -0.1) is 0 Å². The van der Waals surface area contributed by atoms with Gasteiger partial charge in [0.05, 0.1) is 11.3 Å². The van der Waals surface area contributed by atoms with Crippen molar-refractivity contribution in [3.8, 4) is 11.4 Å². The van der Waals surface area contributed by atoms with Gasteiger partial charge in [-0.2, -0.15) is 0 Å². The monoisotopic (exact) mass is 230 g/mol. The number of nitrogens with zero attached hydrogens (tertiary/aromatic N) is 1. The normalized spacial score (nSPS) is 19.0. The third kappa shape index (κ3) is 1.78. The van der Waals surface area contributed by atoms with Gasteiger partial charge in [-0.25, -0.2) is 4.98 Å². The van der Waals surface area contributed by atoms with E-state index in [1.807, 2.05) is 0 Å². The molecule has 1 aliphatic rings. The smallest absolute Gasteiger partial charge is 0.192 e. The van der Waals surface area contributed by atoms with E-state index < -0.39 is 0 Å². The summed E-state index contributed by atoms with van der Waals surface area (Å²) in [6, 6.07) is 1.70. The maximum absolute atomic E-state index is 11.7. The molecule has 4 N–H and O–H groups in total. The predicted molar refractivity (Wildman–Crippen MR) is 64.6 cm³/mol. The summed E-state index contributed by atoms with van der Waals surface area (Å²) >= 11 is 0. The summed E-state index contributed by atoms with van der Waals surface area (Å²) in [4.78, 5) is 22.3. The Balaban J connectivity index is 2.06. The zero-order valence-corrected chi connectivity index (χ0v) is 9.36. The molecule has 1 atom stereocenters. The van der Waals surface area contributed by atoms with Crippen molar-refractivity contribution in [3.05, 3.63) is 40.1 Å². The molecule has 5 nitrogen and oxygen atoms in total. The molecular formula is C12H14N4O.